The van der Waals surface area contributed by atoms with Gasteiger partial charge in [0, 0.05) is 11.1 Å². The zero-order valence-corrected chi connectivity index (χ0v) is 12.9. The molecule has 2 aromatic carbocycles. The number of halogens is 1. The molecule has 0 fully saturated rings. The van der Waals surface area contributed by atoms with Crippen molar-refractivity contribution in [2.24, 2.45) is 0 Å². The Kier molecular flexibility index (Phi) is 6.00. The lowest BCUT2D eigenvalue weighted by atomic mass is 10.0. The van der Waals surface area contributed by atoms with Crippen LogP contribution < -0.4 is 12.4 Å². The second kappa shape index (κ2) is 7.28. The van der Waals surface area contributed by atoms with E-state index in [2.05, 4.69) is 87.4 Å². The molecule has 0 heterocycles. The lowest BCUT2D eigenvalue weighted by molar-refractivity contribution is -0.927. The maximum absolute atomic E-state index is 4.03. The summed E-state index contributed by atoms with van der Waals surface area (Å²) in [6.07, 6.45) is 2.05. The van der Waals surface area contributed by atoms with Crippen LogP contribution in [0.2, 0.25) is 0 Å². The summed E-state index contributed by atoms with van der Waals surface area (Å²) in [5.74, 6) is 0. The van der Waals surface area contributed by atoms with Gasteiger partial charge in [-0.2, -0.15) is 0 Å². The molecular formula is C18H22ClN. The molecule has 0 radical (unpaired) electrons. The van der Waals surface area contributed by atoms with E-state index in [1.54, 1.807) is 0 Å². The molecule has 2 aromatic rings. The first-order valence-electron chi connectivity index (χ1n) is 6.67. The van der Waals surface area contributed by atoms with Crippen molar-refractivity contribution in [2.45, 2.75) is 12.6 Å². The minimum absolute atomic E-state index is 0. The maximum Gasteiger partial charge on any atom is 0.133 e. The van der Waals surface area contributed by atoms with Crippen LogP contribution in [0, 0.1) is 0 Å². The highest BCUT2D eigenvalue weighted by atomic mass is 35.5. The van der Waals surface area contributed by atoms with Crippen LogP contribution in [-0.4, -0.2) is 18.6 Å². The number of quaternary nitrogens is 1. The Balaban J connectivity index is 0.00000200. The van der Waals surface area contributed by atoms with Crippen molar-refractivity contribution in [1.29, 1.82) is 0 Å². The van der Waals surface area contributed by atoms with E-state index in [-0.39, 0.29) is 12.4 Å². The molecule has 0 bridgehead atoms. The van der Waals surface area contributed by atoms with Crippen LogP contribution in [0.15, 0.2) is 73.3 Å². The van der Waals surface area contributed by atoms with Gasteiger partial charge in [0.2, 0.25) is 0 Å². The number of hydrogen-bond acceptors (Lipinski definition) is 0. The minimum Gasteiger partial charge on any atom is -1.00 e. The first-order chi connectivity index (χ1) is 9.13. The molecule has 0 aliphatic rings. The fraction of sp³-hybridized carbons (Fsp3) is 0.222. The highest BCUT2D eigenvalue weighted by Crippen LogP contribution is 2.28. The van der Waals surface area contributed by atoms with Crippen molar-refractivity contribution >= 4 is 0 Å². The van der Waals surface area contributed by atoms with Crippen LogP contribution >= 0.6 is 0 Å². The Morgan fingerprint density at radius 1 is 0.950 bits per heavy atom. The Morgan fingerprint density at radius 2 is 1.45 bits per heavy atom. The predicted molar refractivity (Wildman–Crippen MR) is 81.6 cm³/mol. The molecule has 106 valence electrons. The number of rotatable bonds is 5. The molecule has 0 aliphatic heterocycles. The third kappa shape index (κ3) is 3.96. The van der Waals surface area contributed by atoms with Gasteiger partial charge in [-0.15, -0.1) is 0 Å². The Labute approximate surface area is 128 Å². The zero-order valence-electron chi connectivity index (χ0n) is 12.2. The third-order valence-corrected chi connectivity index (χ3v) is 3.55. The standard InChI is InChI=1S/C18H22N.ClH/c1-4-18(17-13-9-6-10-14-17)19(2,3)15-16-11-7-5-8-12-16;/h4-14,18H,1,15H2,2-3H3;1H/q+1;/p-1. The zero-order chi connectivity index (χ0) is 13.7. The van der Waals surface area contributed by atoms with E-state index in [0.29, 0.717) is 6.04 Å². The monoisotopic (exact) mass is 287 g/mol. The SMILES string of the molecule is C=CC(c1ccccc1)[N+](C)(C)Cc1ccccc1.[Cl-]. The highest BCUT2D eigenvalue weighted by Gasteiger charge is 2.27. The molecule has 0 spiro atoms. The van der Waals surface area contributed by atoms with Crippen molar-refractivity contribution in [3.63, 3.8) is 0 Å². The summed E-state index contributed by atoms with van der Waals surface area (Å²) < 4.78 is 0.873. The van der Waals surface area contributed by atoms with E-state index in [4.69, 9.17) is 0 Å². The average Bonchev–Trinajstić information content (AvgIpc) is 2.41. The first kappa shape index (κ1) is 16.5. The molecule has 1 atom stereocenters. The molecule has 0 saturated heterocycles. The van der Waals surface area contributed by atoms with E-state index in [9.17, 15) is 0 Å². The topological polar surface area (TPSA) is 0 Å². The minimum atomic E-state index is 0. The maximum atomic E-state index is 4.03. The summed E-state index contributed by atoms with van der Waals surface area (Å²) in [5.41, 5.74) is 2.67. The summed E-state index contributed by atoms with van der Waals surface area (Å²) >= 11 is 0. The summed E-state index contributed by atoms with van der Waals surface area (Å²) in [5, 5.41) is 0. The van der Waals surface area contributed by atoms with Gasteiger partial charge in [0.05, 0.1) is 14.1 Å². The van der Waals surface area contributed by atoms with E-state index < -0.39 is 0 Å². The lowest BCUT2D eigenvalue weighted by Crippen LogP contribution is -3.00. The number of likely N-dealkylation sites (N-methyl/N-ethyl adjacent to an activating group) is 1. The van der Waals surface area contributed by atoms with E-state index in [1.807, 2.05) is 0 Å². The van der Waals surface area contributed by atoms with Gasteiger partial charge in [-0.3, -0.25) is 0 Å². The molecule has 20 heavy (non-hydrogen) atoms. The fourth-order valence-corrected chi connectivity index (χ4v) is 2.63. The van der Waals surface area contributed by atoms with Gasteiger partial charge in [-0.1, -0.05) is 67.2 Å². The van der Waals surface area contributed by atoms with Gasteiger partial charge in [0.15, 0.2) is 0 Å². The summed E-state index contributed by atoms with van der Waals surface area (Å²) in [6.45, 7) is 5.02. The molecule has 0 amide bonds. The van der Waals surface area contributed by atoms with Gasteiger partial charge in [0.25, 0.3) is 0 Å². The van der Waals surface area contributed by atoms with Crippen molar-refractivity contribution in [3.05, 3.63) is 84.4 Å². The van der Waals surface area contributed by atoms with Crippen molar-refractivity contribution in [3.8, 4) is 0 Å². The molecule has 2 heteroatoms. The van der Waals surface area contributed by atoms with Gasteiger partial charge in [0.1, 0.15) is 12.6 Å². The Bertz CT molecular complexity index is 520. The van der Waals surface area contributed by atoms with Gasteiger partial charge >= 0.3 is 0 Å². The Hall–Kier alpha value is -1.57. The molecule has 0 aliphatic carbocycles. The quantitative estimate of drug-likeness (QED) is 0.573. The largest absolute Gasteiger partial charge is 1.00 e. The van der Waals surface area contributed by atoms with Crippen molar-refractivity contribution in [2.75, 3.05) is 14.1 Å². The molecule has 0 saturated carbocycles. The van der Waals surface area contributed by atoms with Crippen LogP contribution in [0.4, 0.5) is 0 Å². The number of hydrogen-bond donors (Lipinski definition) is 0. The molecular weight excluding hydrogens is 266 g/mol. The molecule has 1 nitrogen and oxygen atoms in total. The first-order valence-corrected chi connectivity index (χ1v) is 6.67. The predicted octanol–water partition coefficient (Wildman–Crippen LogP) is 1.19. The van der Waals surface area contributed by atoms with Crippen molar-refractivity contribution in [1.82, 2.24) is 0 Å². The highest BCUT2D eigenvalue weighted by molar-refractivity contribution is 5.21. The van der Waals surface area contributed by atoms with Crippen LogP contribution in [-0.2, 0) is 6.54 Å². The van der Waals surface area contributed by atoms with Crippen LogP contribution in [0.3, 0.4) is 0 Å². The molecule has 2 rings (SSSR count). The third-order valence-electron chi connectivity index (χ3n) is 3.55. The number of benzene rings is 2. The molecule has 0 N–H and O–H groups in total. The second-order valence-corrected chi connectivity index (χ2v) is 5.51. The van der Waals surface area contributed by atoms with E-state index in [0.717, 1.165) is 11.0 Å². The second-order valence-electron chi connectivity index (χ2n) is 5.51. The summed E-state index contributed by atoms with van der Waals surface area (Å²) in [4.78, 5) is 0. The van der Waals surface area contributed by atoms with Gasteiger partial charge in [-0.25, -0.2) is 0 Å². The van der Waals surface area contributed by atoms with Crippen LogP contribution in [0.5, 0.6) is 0 Å². The van der Waals surface area contributed by atoms with Crippen LogP contribution in [0.1, 0.15) is 17.2 Å². The van der Waals surface area contributed by atoms with E-state index in [1.165, 1.54) is 11.1 Å². The van der Waals surface area contributed by atoms with Crippen LogP contribution in [0.25, 0.3) is 0 Å². The van der Waals surface area contributed by atoms with Crippen molar-refractivity contribution < 1.29 is 16.9 Å². The van der Waals surface area contributed by atoms with Gasteiger partial charge in [-0.05, 0) is 6.08 Å². The fourth-order valence-electron chi connectivity index (χ4n) is 2.63. The van der Waals surface area contributed by atoms with Gasteiger partial charge < -0.3 is 16.9 Å². The normalized spacial score (nSPS) is 12.3. The molecule has 1 unspecified atom stereocenters. The smallest absolute Gasteiger partial charge is 0.133 e. The molecule has 0 aromatic heterocycles. The number of nitrogens with zero attached hydrogens (tertiary/aromatic N) is 1. The summed E-state index contributed by atoms with van der Waals surface area (Å²) in [6, 6.07) is 21.5. The van der Waals surface area contributed by atoms with E-state index >= 15 is 0 Å². The lowest BCUT2D eigenvalue weighted by Gasteiger charge is -2.37. The Morgan fingerprint density at radius 3 is 1.95 bits per heavy atom. The summed E-state index contributed by atoms with van der Waals surface area (Å²) in [7, 11) is 4.51. The average molecular weight is 288 g/mol.